The molecular formula is C22H22N4. The van der Waals surface area contributed by atoms with Crippen LogP contribution in [-0.4, -0.2) is 35.5 Å². The van der Waals surface area contributed by atoms with Gasteiger partial charge in [0.2, 0.25) is 0 Å². The van der Waals surface area contributed by atoms with Crippen LogP contribution in [0.4, 0.5) is 0 Å². The van der Waals surface area contributed by atoms with Gasteiger partial charge in [0.05, 0.1) is 0 Å². The number of benzene rings is 2. The van der Waals surface area contributed by atoms with Crippen molar-refractivity contribution in [3.8, 4) is 0 Å². The Balaban J connectivity index is 1.23. The molecule has 4 rings (SSSR count). The molecule has 4 heteroatoms. The molecule has 26 heavy (non-hydrogen) atoms. The van der Waals surface area contributed by atoms with Crippen LogP contribution in [0.3, 0.4) is 0 Å². The molecule has 4 nitrogen and oxygen atoms in total. The molecule has 0 fully saturated rings. The van der Waals surface area contributed by atoms with Crippen LogP contribution in [0.5, 0.6) is 0 Å². The third-order valence-corrected chi connectivity index (χ3v) is 4.53. The van der Waals surface area contributed by atoms with Crippen LogP contribution in [0.1, 0.15) is 24.0 Å². The first-order valence-corrected chi connectivity index (χ1v) is 9.04. The molecule has 0 atom stereocenters. The number of nitrogens with one attached hydrogen (secondary N) is 2. The molecule has 0 unspecified atom stereocenters. The number of rotatable bonds is 7. The summed E-state index contributed by atoms with van der Waals surface area (Å²) in [5, 5.41) is 2.44. The lowest BCUT2D eigenvalue weighted by molar-refractivity contribution is 0.760. The molecule has 0 aliphatic carbocycles. The number of aliphatic imine (C=N–C) groups is 2. The summed E-state index contributed by atoms with van der Waals surface area (Å²) in [6.07, 6.45) is 10.1. The lowest BCUT2D eigenvalue weighted by Gasteiger charge is -1.95. The Hall–Kier alpha value is -3.14. The van der Waals surface area contributed by atoms with E-state index in [1.807, 2.05) is 37.0 Å². The molecule has 2 aromatic heterocycles. The number of H-pyrrole nitrogens is 2. The van der Waals surface area contributed by atoms with E-state index in [1.165, 1.54) is 10.8 Å². The van der Waals surface area contributed by atoms with Gasteiger partial charge in [-0.25, -0.2) is 0 Å². The third kappa shape index (κ3) is 3.59. The molecule has 0 bridgehead atoms. The van der Waals surface area contributed by atoms with Crippen molar-refractivity contribution in [3.63, 3.8) is 0 Å². The zero-order valence-corrected chi connectivity index (χ0v) is 14.7. The Morgan fingerprint density at radius 2 is 1.12 bits per heavy atom. The minimum Gasteiger partial charge on any atom is -0.361 e. The molecule has 0 amide bonds. The summed E-state index contributed by atoms with van der Waals surface area (Å²) in [7, 11) is 0. The van der Waals surface area contributed by atoms with Gasteiger partial charge in [-0.3, -0.25) is 9.98 Å². The van der Waals surface area contributed by atoms with Crippen LogP contribution in [0, 0.1) is 0 Å². The van der Waals surface area contributed by atoms with E-state index in [-0.39, 0.29) is 0 Å². The molecule has 2 N–H and O–H groups in total. The minimum absolute atomic E-state index is 0.835. The second-order valence-electron chi connectivity index (χ2n) is 6.36. The van der Waals surface area contributed by atoms with Crippen LogP contribution in [-0.2, 0) is 0 Å². The van der Waals surface area contributed by atoms with Gasteiger partial charge in [0.25, 0.3) is 0 Å². The summed E-state index contributed by atoms with van der Waals surface area (Å²) in [5.74, 6) is 0. The summed E-state index contributed by atoms with van der Waals surface area (Å²) < 4.78 is 0. The first-order chi connectivity index (χ1) is 12.9. The smallest absolute Gasteiger partial charge is 0.0460 e. The van der Waals surface area contributed by atoms with Gasteiger partial charge in [-0.2, -0.15) is 0 Å². The van der Waals surface area contributed by atoms with Crippen molar-refractivity contribution >= 4 is 34.2 Å². The molecule has 130 valence electrons. The average molecular weight is 342 g/mol. The van der Waals surface area contributed by atoms with Gasteiger partial charge in [-0.1, -0.05) is 36.4 Å². The molecule has 0 aliphatic heterocycles. The Morgan fingerprint density at radius 1 is 0.654 bits per heavy atom. The van der Waals surface area contributed by atoms with Crippen LogP contribution in [0.2, 0.25) is 0 Å². The highest BCUT2D eigenvalue weighted by molar-refractivity contribution is 5.99. The number of aromatic nitrogens is 2. The zero-order valence-electron chi connectivity index (χ0n) is 14.7. The Bertz CT molecular complexity index is 966. The van der Waals surface area contributed by atoms with Gasteiger partial charge < -0.3 is 9.97 Å². The number of nitrogens with zero attached hydrogens (tertiary/aromatic N) is 2. The quantitative estimate of drug-likeness (QED) is 0.352. The number of hydrogen-bond acceptors (Lipinski definition) is 2. The highest BCUT2D eigenvalue weighted by Gasteiger charge is 2.00. The van der Waals surface area contributed by atoms with Gasteiger partial charge in [-0.05, 0) is 25.0 Å². The van der Waals surface area contributed by atoms with Crippen LogP contribution >= 0.6 is 0 Å². The van der Waals surface area contributed by atoms with E-state index in [2.05, 4.69) is 56.4 Å². The Morgan fingerprint density at radius 3 is 1.62 bits per heavy atom. The minimum atomic E-state index is 0.835. The van der Waals surface area contributed by atoms with E-state index in [1.54, 1.807) is 0 Å². The molecule has 0 spiro atoms. The van der Waals surface area contributed by atoms with E-state index in [0.29, 0.717) is 0 Å². The van der Waals surface area contributed by atoms with E-state index in [0.717, 1.165) is 48.1 Å². The van der Waals surface area contributed by atoms with Gasteiger partial charge >= 0.3 is 0 Å². The maximum absolute atomic E-state index is 4.55. The molecule has 0 aliphatic rings. The fourth-order valence-electron chi connectivity index (χ4n) is 3.13. The molecule has 2 aromatic carbocycles. The average Bonchev–Trinajstić information content (AvgIpc) is 3.28. The zero-order chi connectivity index (χ0) is 17.6. The lowest BCUT2D eigenvalue weighted by atomic mass is 10.2. The van der Waals surface area contributed by atoms with Gasteiger partial charge in [0, 0.05) is 70.8 Å². The van der Waals surface area contributed by atoms with Crippen LogP contribution in [0.25, 0.3) is 21.8 Å². The topological polar surface area (TPSA) is 56.3 Å². The highest BCUT2D eigenvalue weighted by atomic mass is 14.7. The van der Waals surface area contributed by atoms with Crippen molar-refractivity contribution in [3.05, 3.63) is 72.1 Å². The SMILES string of the molecule is C(=NCCCCN=Cc1c[nH]c2ccccc12)c1c[nH]c2ccccc12. The number of hydrogen-bond donors (Lipinski definition) is 2. The van der Waals surface area contributed by atoms with E-state index < -0.39 is 0 Å². The fourth-order valence-corrected chi connectivity index (χ4v) is 3.13. The summed E-state index contributed by atoms with van der Waals surface area (Å²) in [5.41, 5.74) is 4.61. The Kier molecular flexibility index (Phi) is 4.92. The number of fused-ring (bicyclic) bond motifs is 2. The maximum atomic E-state index is 4.55. The van der Waals surface area contributed by atoms with Gasteiger partial charge in [-0.15, -0.1) is 0 Å². The van der Waals surface area contributed by atoms with Crippen molar-refractivity contribution < 1.29 is 0 Å². The summed E-state index contributed by atoms with van der Waals surface area (Å²) in [6.45, 7) is 1.67. The van der Waals surface area contributed by atoms with Gasteiger partial charge in [0.15, 0.2) is 0 Å². The van der Waals surface area contributed by atoms with Crippen molar-refractivity contribution in [2.75, 3.05) is 13.1 Å². The summed E-state index contributed by atoms with van der Waals surface area (Å²) in [4.78, 5) is 15.6. The predicted octanol–water partition coefficient (Wildman–Crippen LogP) is 4.97. The van der Waals surface area contributed by atoms with Crippen molar-refractivity contribution in [1.29, 1.82) is 0 Å². The third-order valence-electron chi connectivity index (χ3n) is 4.53. The molecule has 4 aromatic rings. The van der Waals surface area contributed by atoms with Crippen LogP contribution in [0.15, 0.2) is 70.9 Å². The predicted molar refractivity (Wildman–Crippen MR) is 111 cm³/mol. The first kappa shape index (κ1) is 16.3. The Labute approximate surface area is 152 Å². The standard InChI is InChI=1S/C22H22N4/c1-3-9-21-19(7-1)17(15-25-21)13-23-11-5-6-12-24-14-18-16-26-22-10-4-2-8-20(18)22/h1-4,7-10,13-16,25-26H,5-6,11-12H2. The molecule has 0 saturated carbocycles. The van der Waals surface area contributed by atoms with Crippen molar-refractivity contribution in [1.82, 2.24) is 9.97 Å². The summed E-state index contributed by atoms with van der Waals surface area (Å²) >= 11 is 0. The van der Waals surface area contributed by atoms with Gasteiger partial charge in [0.1, 0.15) is 0 Å². The lowest BCUT2D eigenvalue weighted by Crippen LogP contribution is -1.88. The normalized spacial score (nSPS) is 12.2. The fraction of sp³-hybridized carbons (Fsp3) is 0.182. The first-order valence-electron chi connectivity index (χ1n) is 9.04. The second-order valence-corrected chi connectivity index (χ2v) is 6.36. The molecule has 2 heterocycles. The molecule has 0 saturated heterocycles. The second kappa shape index (κ2) is 7.83. The van der Waals surface area contributed by atoms with E-state index in [9.17, 15) is 0 Å². The van der Waals surface area contributed by atoms with Crippen LogP contribution < -0.4 is 0 Å². The van der Waals surface area contributed by atoms with Crippen molar-refractivity contribution in [2.24, 2.45) is 9.98 Å². The van der Waals surface area contributed by atoms with E-state index in [4.69, 9.17) is 0 Å². The number of para-hydroxylation sites is 2. The van der Waals surface area contributed by atoms with Crippen molar-refractivity contribution in [2.45, 2.75) is 12.8 Å². The highest BCUT2D eigenvalue weighted by Crippen LogP contribution is 2.16. The van der Waals surface area contributed by atoms with E-state index >= 15 is 0 Å². The molecular weight excluding hydrogens is 320 g/mol. The number of aromatic amines is 2. The molecule has 0 radical (unpaired) electrons. The summed E-state index contributed by atoms with van der Waals surface area (Å²) in [6, 6.07) is 16.6. The monoisotopic (exact) mass is 342 g/mol. The number of unbranched alkanes of at least 4 members (excludes halogenated alkanes) is 1. The maximum Gasteiger partial charge on any atom is 0.0460 e. The largest absolute Gasteiger partial charge is 0.361 e.